The molecule has 0 aromatic heterocycles. The lowest BCUT2D eigenvalue weighted by molar-refractivity contribution is -0.140. The Labute approximate surface area is 264 Å². The molecule has 2 saturated heterocycles. The molecule has 0 aliphatic carbocycles. The predicted octanol–water partition coefficient (Wildman–Crippen LogP) is 5.05. The Hall–Kier alpha value is -3.80. The van der Waals surface area contributed by atoms with E-state index in [4.69, 9.17) is 22.2 Å². The van der Waals surface area contributed by atoms with Gasteiger partial charge in [0.2, 0.25) is 0 Å². The molecule has 2 aromatic carbocycles. The lowest BCUT2D eigenvalue weighted by Crippen LogP contribution is -2.58. The number of carbonyl (C=O) groups excluding carboxylic acids is 1. The van der Waals surface area contributed by atoms with Gasteiger partial charge in [0.1, 0.15) is 12.1 Å². The number of benzene rings is 2. The van der Waals surface area contributed by atoms with Crippen LogP contribution in [-0.4, -0.2) is 82.3 Å². The Morgan fingerprint density at radius 3 is 2.36 bits per heavy atom. The summed E-state index contributed by atoms with van der Waals surface area (Å²) < 4.78 is 62.6. The monoisotopic (exact) mass is 649 g/mol. The molecule has 2 aliphatic heterocycles. The van der Waals surface area contributed by atoms with Crippen molar-refractivity contribution in [3.63, 3.8) is 0 Å². The fraction of sp³-hybridized carbons (Fsp3) is 0.484. The highest BCUT2D eigenvalue weighted by Gasteiger charge is 2.51. The number of rotatable bonds is 9. The van der Waals surface area contributed by atoms with E-state index in [9.17, 15) is 27.9 Å². The number of carboxylic acid groups (broad SMARTS) is 1. The molecular formula is C31H35F4N5O4S. The fourth-order valence-corrected chi connectivity index (χ4v) is 6.56. The van der Waals surface area contributed by atoms with Crippen molar-refractivity contribution < 1.29 is 37.0 Å². The highest BCUT2D eigenvalue weighted by atomic mass is 32.1. The highest BCUT2D eigenvalue weighted by molar-refractivity contribution is 7.81. The number of nitrogens with zero attached hydrogens (tertiary/aromatic N) is 5. The van der Waals surface area contributed by atoms with Crippen LogP contribution in [0.3, 0.4) is 0 Å². The van der Waals surface area contributed by atoms with Gasteiger partial charge in [0.25, 0.3) is 5.91 Å². The number of anilines is 2. The first kappa shape index (κ1) is 34.1. The van der Waals surface area contributed by atoms with Crippen molar-refractivity contribution in [3.05, 3.63) is 52.8 Å². The fourth-order valence-electron chi connectivity index (χ4n) is 6.04. The second-order valence-corrected chi connectivity index (χ2v) is 12.2. The molecule has 0 saturated carbocycles. The van der Waals surface area contributed by atoms with Gasteiger partial charge in [0, 0.05) is 43.5 Å². The maximum atomic E-state index is 15.7. The number of piperazine rings is 1. The number of aryl methyl sites for hydroxylation is 1. The number of ether oxygens (including phenoxy) is 1. The van der Waals surface area contributed by atoms with Crippen LogP contribution in [0.5, 0.6) is 5.75 Å². The number of amides is 1. The maximum absolute atomic E-state index is 15.7. The highest BCUT2D eigenvalue weighted by Crippen LogP contribution is 2.41. The summed E-state index contributed by atoms with van der Waals surface area (Å²) in [4.78, 5) is 31.2. The second-order valence-electron chi connectivity index (χ2n) is 11.8. The SMILES string of the molecule is CCc1cc(N2C(=S)N(c3ccc(C#N)c(C(F)(F)F)c3)C(=O)C2(C)C)cc(F)c1OCCN1C[C@@H](C)N(CC(=O)O)[C@@H](C)C1. The summed E-state index contributed by atoms with van der Waals surface area (Å²) in [6.07, 6.45) is -4.45. The number of aliphatic carboxylic acids is 1. The third-order valence-electron chi connectivity index (χ3n) is 8.25. The first-order valence-electron chi connectivity index (χ1n) is 14.5. The standard InChI is InChI=1S/C31H35F4N5O4S/c1-6-20-11-23(13-25(32)27(20)44-10-9-37-15-18(2)38(17-26(41)42)19(3)16-37)40-29(45)39(28(43)30(40,4)5)22-8-7-21(14-36)24(12-22)31(33,34)35/h7-8,11-13,18-19H,6,9-10,15-17H2,1-5H3,(H,41,42)/t18-,19+. The summed E-state index contributed by atoms with van der Waals surface area (Å²) in [5, 5.41) is 18.2. The van der Waals surface area contributed by atoms with Crippen LogP contribution in [0.4, 0.5) is 28.9 Å². The Morgan fingerprint density at radius 2 is 1.80 bits per heavy atom. The van der Waals surface area contributed by atoms with Gasteiger partial charge in [-0.25, -0.2) is 4.39 Å². The molecule has 1 N–H and O–H groups in total. The van der Waals surface area contributed by atoms with Gasteiger partial charge >= 0.3 is 12.1 Å². The Morgan fingerprint density at radius 1 is 1.16 bits per heavy atom. The largest absolute Gasteiger partial charge is 0.489 e. The molecule has 4 rings (SSSR count). The molecule has 2 heterocycles. The minimum Gasteiger partial charge on any atom is -0.489 e. The molecule has 0 bridgehead atoms. The van der Waals surface area contributed by atoms with E-state index in [2.05, 4.69) is 4.90 Å². The zero-order valence-corrected chi connectivity index (χ0v) is 26.4. The lowest BCUT2D eigenvalue weighted by Gasteiger charge is -2.43. The molecule has 2 aliphatic rings. The summed E-state index contributed by atoms with van der Waals surface area (Å²) in [5.41, 5.74) is -2.56. The van der Waals surface area contributed by atoms with Crippen LogP contribution in [0.1, 0.15) is 51.3 Å². The van der Waals surface area contributed by atoms with Crippen LogP contribution in [-0.2, 0) is 22.2 Å². The molecule has 2 aromatic rings. The van der Waals surface area contributed by atoms with Crippen molar-refractivity contribution in [2.24, 2.45) is 0 Å². The maximum Gasteiger partial charge on any atom is 0.417 e. The van der Waals surface area contributed by atoms with Crippen molar-refractivity contribution in [2.75, 3.05) is 42.6 Å². The number of carboxylic acids is 1. The third kappa shape index (κ3) is 6.75. The average Bonchev–Trinajstić information content (AvgIpc) is 3.13. The molecule has 45 heavy (non-hydrogen) atoms. The van der Waals surface area contributed by atoms with Gasteiger partial charge in [-0.05, 0) is 76.2 Å². The van der Waals surface area contributed by atoms with Crippen LogP contribution >= 0.6 is 12.2 Å². The van der Waals surface area contributed by atoms with Crippen LogP contribution < -0.4 is 14.5 Å². The van der Waals surface area contributed by atoms with Gasteiger partial charge in [-0.3, -0.25) is 24.3 Å². The average molecular weight is 650 g/mol. The normalized spacial score (nSPS) is 20.9. The molecule has 9 nitrogen and oxygen atoms in total. The topological polar surface area (TPSA) is 100 Å². The van der Waals surface area contributed by atoms with E-state index < -0.39 is 40.5 Å². The number of hydrogen-bond acceptors (Lipinski definition) is 7. The quantitative estimate of drug-likeness (QED) is 0.296. The molecule has 242 valence electrons. The van der Waals surface area contributed by atoms with E-state index >= 15 is 4.39 Å². The minimum atomic E-state index is -4.83. The van der Waals surface area contributed by atoms with Crippen molar-refractivity contribution in [1.82, 2.24) is 9.80 Å². The van der Waals surface area contributed by atoms with Crippen molar-refractivity contribution in [2.45, 2.75) is 64.8 Å². The molecule has 0 radical (unpaired) electrons. The summed E-state index contributed by atoms with van der Waals surface area (Å²) >= 11 is 5.59. The Bertz CT molecular complexity index is 1530. The van der Waals surface area contributed by atoms with Crippen molar-refractivity contribution in [1.29, 1.82) is 5.26 Å². The molecule has 1 amide bonds. The molecular weight excluding hydrogens is 614 g/mol. The van der Waals surface area contributed by atoms with Crippen LogP contribution in [0, 0.1) is 17.1 Å². The van der Waals surface area contributed by atoms with E-state index in [1.54, 1.807) is 19.9 Å². The van der Waals surface area contributed by atoms with E-state index in [1.165, 1.54) is 23.1 Å². The van der Waals surface area contributed by atoms with Crippen LogP contribution in [0.2, 0.25) is 0 Å². The summed E-state index contributed by atoms with van der Waals surface area (Å²) in [6, 6.07) is 7.32. The third-order valence-corrected chi connectivity index (χ3v) is 8.61. The van der Waals surface area contributed by atoms with Crippen molar-refractivity contribution >= 4 is 40.6 Å². The number of hydrogen-bond donors (Lipinski definition) is 1. The Kier molecular flexibility index (Phi) is 9.77. The number of nitriles is 1. The molecule has 14 heteroatoms. The molecule has 2 atom stereocenters. The minimum absolute atomic E-state index is 0.0198. The van der Waals surface area contributed by atoms with Gasteiger partial charge in [-0.15, -0.1) is 0 Å². The first-order chi connectivity index (χ1) is 21.0. The number of carbonyl (C=O) groups is 2. The molecule has 2 fully saturated rings. The van der Waals surface area contributed by atoms with Crippen molar-refractivity contribution in [3.8, 4) is 11.8 Å². The zero-order chi connectivity index (χ0) is 33.4. The van der Waals surface area contributed by atoms with E-state index in [0.717, 1.165) is 11.0 Å². The first-order valence-corrected chi connectivity index (χ1v) is 14.9. The summed E-state index contributed by atoms with van der Waals surface area (Å²) in [5.74, 6) is -2.12. The lowest BCUT2D eigenvalue weighted by atomic mass is 10.0. The van der Waals surface area contributed by atoms with Gasteiger partial charge < -0.3 is 14.7 Å². The second kappa shape index (κ2) is 12.9. The van der Waals surface area contributed by atoms with E-state index in [1.807, 2.05) is 25.7 Å². The van der Waals surface area contributed by atoms with Crippen LogP contribution in [0.25, 0.3) is 0 Å². The predicted molar refractivity (Wildman–Crippen MR) is 164 cm³/mol. The Balaban J connectivity index is 1.55. The smallest absolute Gasteiger partial charge is 0.417 e. The van der Waals surface area contributed by atoms with Crippen LogP contribution in [0.15, 0.2) is 30.3 Å². The zero-order valence-electron chi connectivity index (χ0n) is 25.6. The van der Waals surface area contributed by atoms with Gasteiger partial charge in [0.15, 0.2) is 16.7 Å². The molecule has 0 unspecified atom stereocenters. The molecule has 0 spiro atoms. The summed E-state index contributed by atoms with van der Waals surface area (Å²) in [6.45, 7) is 10.8. The number of halogens is 4. The van der Waals surface area contributed by atoms with E-state index in [0.29, 0.717) is 37.7 Å². The summed E-state index contributed by atoms with van der Waals surface area (Å²) in [7, 11) is 0. The number of alkyl halides is 3. The number of thiocarbonyl (C=S) groups is 1. The van der Waals surface area contributed by atoms with Gasteiger partial charge in [-0.2, -0.15) is 18.4 Å². The van der Waals surface area contributed by atoms with Gasteiger partial charge in [0.05, 0.1) is 29.4 Å². The van der Waals surface area contributed by atoms with Gasteiger partial charge in [-0.1, -0.05) is 6.92 Å². The van der Waals surface area contributed by atoms with E-state index in [-0.39, 0.29) is 47.5 Å².